The number of aromatic nitrogens is 2. The Labute approximate surface area is 125 Å². The highest BCUT2D eigenvalue weighted by atomic mass is 16.1. The van der Waals surface area contributed by atoms with Crippen LogP contribution in [0.1, 0.15) is 36.2 Å². The molecule has 1 atom stereocenters. The number of amides is 1. The fraction of sp³-hybridized carbons (Fsp3) is 0.294. The predicted molar refractivity (Wildman–Crippen MR) is 84.4 cm³/mol. The molecular formula is C17H21N3O. The molecule has 4 heteroatoms. The number of nitrogens with zero attached hydrogens (tertiary/aromatic N) is 2. The fourth-order valence-corrected chi connectivity index (χ4v) is 2.40. The number of aryl methyl sites for hydroxylation is 1. The molecule has 2 aromatic rings. The third-order valence-corrected chi connectivity index (χ3v) is 3.57. The Morgan fingerprint density at radius 1 is 1.43 bits per heavy atom. The average Bonchev–Trinajstić information content (AvgIpc) is 2.81. The minimum atomic E-state index is -0.0739. The van der Waals surface area contributed by atoms with Gasteiger partial charge in [0.2, 0.25) is 5.91 Å². The van der Waals surface area contributed by atoms with Crippen molar-refractivity contribution in [3.05, 3.63) is 59.9 Å². The number of carbonyl (C=O) groups excluding carboxylic acids is 1. The van der Waals surface area contributed by atoms with Gasteiger partial charge in [-0.15, -0.1) is 6.58 Å². The van der Waals surface area contributed by atoms with Crippen LogP contribution >= 0.6 is 0 Å². The summed E-state index contributed by atoms with van der Waals surface area (Å²) in [5.41, 5.74) is 4.29. The first kappa shape index (κ1) is 15.0. The molecule has 0 aliphatic heterocycles. The highest BCUT2D eigenvalue weighted by molar-refractivity contribution is 5.77. The molecular weight excluding hydrogens is 262 g/mol. The molecule has 0 aliphatic carbocycles. The lowest BCUT2D eigenvalue weighted by atomic mass is 10.1. The topological polar surface area (TPSA) is 46.9 Å². The van der Waals surface area contributed by atoms with E-state index in [1.165, 1.54) is 5.56 Å². The molecule has 1 aromatic heterocycles. The molecule has 1 heterocycles. The Morgan fingerprint density at radius 3 is 2.81 bits per heavy atom. The molecule has 4 nitrogen and oxygen atoms in total. The van der Waals surface area contributed by atoms with Gasteiger partial charge in [0.25, 0.3) is 0 Å². The van der Waals surface area contributed by atoms with E-state index < -0.39 is 0 Å². The van der Waals surface area contributed by atoms with Gasteiger partial charge in [-0.3, -0.25) is 4.79 Å². The lowest BCUT2D eigenvalue weighted by Gasteiger charge is -2.14. The summed E-state index contributed by atoms with van der Waals surface area (Å²) in [4.78, 5) is 11.7. The number of nitrogens with one attached hydrogen (secondary N) is 1. The van der Waals surface area contributed by atoms with Crippen LogP contribution in [0.5, 0.6) is 0 Å². The highest BCUT2D eigenvalue weighted by Gasteiger charge is 2.16. The number of hydrogen-bond acceptors (Lipinski definition) is 2. The molecule has 110 valence electrons. The normalized spacial score (nSPS) is 12.0. The number of para-hydroxylation sites is 1. The van der Waals surface area contributed by atoms with Crippen LogP contribution in [0.15, 0.2) is 43.1 Å². The van der Waals surface area contributed by atoms with E-state index in [1.807, 2.05) is 42.9 Å². The number of benzene rings is 1. The van der Waals surface area contributed by atoms with E-state index in [4.69, 9.17) is 0 Å². The maximum absolute atomic E-state index is 11.7. The summed E-state index contributed by atoms with van der Waals surface area (Å²) in [7, 11) is 0. The van der Waals surface area contributed by atoms with Crippen LogP contribution in [0, 0.1) is 13.8 Å². The molecule has 1 N–H and O–H groups in total. The summed E-state index contributed by atoms with van der Waals surface area (Å²) in [6, 6.07) is 8.04. The Morgan fingerprint density at radius 2 is 2.14 bits per heavy atom. The predicted octanol–water partition coefficient (Wildman–Crippen LogP) is 3.24. The Kier molecular flexibility index (Phi) is 4.58. The van der Waals surface area contributed by atoms with Crippen molar-refractivity contribution in [2.45, 2.75) is 33.2 Å². The summed E-state index contributed by atoms with van der Waals surface area (Å²) >= 11 is 0. The summed E-state index contributed by atoms with van der Waals surface area (Å²) in [5.74, 6) is -0.0273. The first-order valence-electron chi connectivity index (χ1n) is 7.05. The van der Waals surface area contributed by atoms with E-state index in [-0.39, 0.29) is 11.9 Å². The van der Waals surface area contributed by atoms with Gasteiger partial charge >= 0.3 is 0 Å². The van der Waals surface area contributed by atoms with Crippen LogP contribution in [-0.2, 0) is 4.79 Å². The van der Waals surface area contributed by atoms with E-state index in [2.05, 4.69) is 30.0 Å². The molecule has 2 rings (SSSR count). The van der Waals surface area contributed by atoms with Crippen LogP contribution in [0.25, 0.3) is 5.69 Å². The number of hydrogen-bond donors (Lipinski definition) is 1. The molecule has 0 saturated heterocycles. The van der Waals surface area contributed by atoms with Crippen LogP contribution in [0.2, 0.25) is 0 Å². The van der Waals surface area contributed by atoms with Crippen molar-refractivity contribution >= 4 is 5.91 Å². The van der Waals surface area contributed by atoms with E-state index in [0.717, 1.165) is 16.9 Å². The van der Waals surface area contributed by atoms with Crippen molar-refractivity contribution in [2.75, 3.05) is 0 Å². The average molecular weight is 283 g/mol. The zero-order valence-corrected chi connectivity index (χ0v) is 12.8. The summed E-state index contributed by atoms with van der Waals surface area (Å²) in [6.07, 6.45) is 3.75. The third kappa shape index (κ3) is 3.21. The molecule has 0 aliphatic rings. The van der Waals surface area contributed by atoms with Crippen molar-refractivity contribution in [2.24, 2.45) is 0 Å². The van der Waals surface area contributed by atoms with Crippen molar-refractivity contribution in [3.63, 3.8) is 0 Å². The monoisotopic (exact) mass is 283 g/mol. The van der Waals surface area contributed by atoms with E-state index in [1.54, 1.807) is 6.08 Å². The lowest BCUT2D eigenvalue weighted by Crippen LogP contribution is -2.26. The zero-order chi connectivity index (χ0) is 15.4. The van der Waals surface area contributed by atoms with Gasteiger partial charge < -0.3 is 5.32 Å². The Balaban J connectivity index is 2.27. The highest BCUT2D eigenvalue weighted by Crippen LogP contribution is 2.21. The van der Waals surface area contributed by atoms with E-state index in [0.29, 0.717) is 6.42 Å². The van der Waals surface area contributed by atoms with E-state index >= 15 is 0 Å². The van der Waals surface area contributed by atoms with Gasteiger partial charge in [-0.25, -0.2) is 4.68 Å². The maximum Gasteiger partial charge on any atom is 0.224 e. The van der Waals surface area contributed by atoms with Gasteiger partial charge in [-0.05, 0) is 32.4 Å². The zero-order valence-electron chi connectivity index (χ0n) is 12.8. The first-order valence-corrected chi connectivity index (χ1v) is 7.05. The van der Waals surface area contributed by atoms with Crippen molar-refractivity contribution in [1.29, 1.82) is 0 Å². The smallest absolute Gasteiger partial charge is 0.224 e. The van der Waals surface area contributed by atoms with Crippen LogP contribution in [-0.4, -0.2) is 15.7 Å². The van der Waals surface area contributed by atoms with Crippen molar-refractivity contribution < 1.29 is 4.79 Å². The molecule has 0 spiro atoms. The Bertz CT molecular complexity index is 658. The summed E-state index contributed by atoms with van der Waals surface area (Å²) < 4.78 is 1.92. The molecule has 0 unspecified atom stereocenters. The van der Waals surface area contributed by atoms with Gasteiger partial charge in [0.1, 0.15) is 0 Å². The molecule has 0 fully saturated rings. The first-order chi connectivity index (χ1) is 10.0. The standard InChI is InChI=1S/C17H21N3O/c1-5-8-17(21)19-13(3)15-11-18-20(14(15)4)16-10-7-6-9-12(16)2/h5-7,9-11,13H,1,8H2,2-4H3,(H,19,21)/t13-/m1/s1. The molecule has 0 saturated carbocycles. The van der Waals surface area contributed by atoms with Gasteiger partial charge in [0.15, 0.2) is 0 Å². The van der Waals surface area contributed by atoms with Crippen LogP contribution in [0.4, 0.5) is 0 Å². The second-order valence-corrected chi connectivity index (χ2v) is 5.17. The van der Waals surface area contributed by atoms with Gasteiger partial charge in [-0.1, -0.05) is 24.3 Å². The molecule has 21 heavy (non-hydrogen) atoms. The molecule has 0 radical (unpaired) electrons. The van der Waals surface area contributed by atoms with Crippen molar-refractivity contribution in [3.8, 4) is 5.69 Å². The second kappa shape index (κ2) is 6.39. The fourth-order valence-electron chi connectivity index (χ4n) is 2.40. The Hall–Kier alpha value is -2.36. The molecule has 1 amide bonds. The van der Waals surface area contributed by atoms with Gasteiger partial charge in [-0.2, -0.15) is 5.10 Å². The molecule has 0 bridgehead atoms. The summed E-state index contributed by atoms with van der Waals surface area (Å²) in [6.45, 7) is 9.62. The number of rotatable bonds is 5. The van der Waals surface area contributed by atoms with Gasteiger partial charge in [0.05, 0.1) is 17.9 Å². The van der Waals surface area contributed by atoms with Crippen LogP contribution < -0.4 is 5.32 Å². The SMILES string of the molecule is C=CCC(=O)N[C@H](C)c1cnn(-c2ccccc2C)c1C. The number of carbonyl (C=O) groups is 1. The molecule has 1 aromatic carbocycles. The lowest BCUT2D eigenvalue weighted by molar-refractivity contribution is -0.120. The summed E-state index contributed by atoms with van der Waals surface area (Å²) in [5, 5.41) is 7.42. The second-order valence-electron chi connectivity index (χ2n) is 5.17. The third-order valence-electron chi connectivity index (χ3n) is 3.57. The minimum Gasteiger partial charge on any atom is -0.349 e. The van der Waals surface area contributed by atoms with Gasteiger partial charge in [0, 0.05) is 17.7 Å². The minimum absolute atomic E-state index is 0.0273. The quantitative estimate of drug-likeness (QED) is 0.856. The maximum atomic E-state index is 11.7. The van der Waals surface area contributed by atoms with Crippen molar-refractivity contribution in [1.82, 2.24) is 15.1 Å². The largest absolute Gasteiger partial charge is 0.349 e. The van der Waals surface area contributed by atoms with Crippen LogP contribution in [0.3, 0.4) is 0 Å². The van der Waals surface area contributed by atoms with E-state index in [9.17, 15) is 4.79 Å².